The molecule has 1 amide bonds. The van der Waals surface area contributed by atoms with Crippen LogP contribution in [-0.4, -0.2) is 66.3 Å². The highest BCUT2D eigenvalue weighted by Gasteiger charge is 2.49. The van der Waals surface area contributed by atoms with Crippen molar-refractivity contribution >= 4 is 5.91 Å². The van der Waals surface area contributed by atoms with Gasteiger partial charge in [-0.3, -0.25) is 9.69 Å². The van der Waals surface area contributed by atoms with Crippen LogP contribution in [0.2, 0.25) is 0 Å². The fraction of sp³-hybridized carbons (Fsp3) is 0.929. The average Bonchev–Trinajstić information content (AvgIpc) is 2.47. The zero-order valence-corrected chi connectivity index (χ0v) is 12.1. The second kappa shape index (κ2) is 6.96. The summed E-state index contributed by atoms with van der Waals surface area (Å²) < 4.78 is 39.2. The first-order valence-corrected chi connectivity index (χ1v) is 7.62. The molecule has 7 heteroatoms. The van der Waals surface area contributed by atoms with E-state index in [1.54, 1.807) is 4.90 Å². The smallest absolute Gasteiger partial charge is 0.392 e. The fourth-order valence-corrected chi connectivity index (χ4v) is 3.39. The van der Waals surface area contributed by atoms with Crippen LogP contribution in [-0.2, 0) is 4.79 Å². The third-order valence-electron chi connectivity index (χ3n) is 4.60. The van der Waals surface area contributed by atoms with Gasteiger partial charge in [-0.2, -0.15) is 13.2 Å². The number of nitrogens with zero attached hydrogens (tertiary/aromatic N) is 2. The SMILES string of the molecule is O=C(C1CCCCC1C(F)(F)F)N1CCN(CCO)CC1. The number of rotatable bonds is 3. The van der Waals surface area contributed by atoms with Crippen molar-refractivity contribution in [3.05, 3.63) is 0 Å². The Morgan fingerprint density at radius 3 is 2.29 bits per heavy atom. The lowest BCUT2D eigenvalue weighted by atomic mass is 9.78. The summed E-state index contributed by atoms with van der Waals surface area (Å²) in [6.07, 6.45) is -2.60. The summed E-state index contributed by atoms with van der Waals surface area (Å²) in [4.78, 5) is 16.0. The highest BCUT2D eigenvalue weighted by atomic mass is 19.4. The van der Waals surface area contributed by atoms with Crippen LogP contribution in [0.25, 0.3) is 0 Å². The molecule has 122 valence electrons. The second-order valence-corrected chi connectivity index (χ2v) is 5.93. The Kier molecular flexibility index (Phi) is 5.48. The molecule has 1 aliphatic heterocycles. The monoisotopic (exact) mass is 308 g/mol. The van der Waals surface area contributed by atoms with E-state index in [2.05, 4.69) is 0 Å². The van der Waals surface area contributed by atoms with E-state index in [9.17, 15) is 18.0 Å². The molecule has 2 fully saturated rings. The number of aliphatic hydroxyl groups excluding tert-OH is 1. The molecule has 0 spiro atoms. The summed E-state index contributed by atoms with van der Waals surface area (Å²) in [5.74, 6) is -2.71. The first kappa shape index (κ1) is 16.5. The van der Waals surface area contributed by atoms with Gasteiger partial charge in [0.15, 0.2) is 0 Å². The van der Waals surface area contributed by atoms with Crippen LogP contribution in [0, 0.1) is 11.8 Å². The minimum Gasteiger partial charge on any atom is -0.395 e. The molecule has 21 heavy (non-hydrogen) atoms. The number of aliphatic hydroxyl groups is 1. The van der Waals surface area contributed by atoms with E-state index in [1.165, 1.54) is 0 Å². The van der Waals surface area contributed by atoms with Crippen LogP contribution in [0.5, 0.6) is 0 Å². The molecule has 0 aromatic rings. The first-order valence-electron chi connectivity index (χ1n) is 7.62. The van der Waals surface area contributed by atoms with Gasteiger partial charge >= 0.3 is 6.18 Å². The Morgan fingerprint density at radius 2 is 1.71 bits per heavy atom. The van der Waals surface area contributed by atoms with Gasteiger partial charge in [0.25, 0.3) is 0 Å². The summed E-state index contributed by atoms with van der Waals surface area (Å²) in [5, 5.41) is 8.87. The predicted molar refractivity (Wildman–Crippen MR) is 71.6 cm³/mol. The highest BCUT2D eigenvalue weighted by Crippen LogP contribution is 2.42. The maximum atomic E-state index is 13.1. The van der Waals surface area contributed by atoms with E-state index in [-0.39, 0.29) is 18.9 Å². The number of amides is 1. The van der Waals surface area contributed by atoms with Gasteiger partial charge in [0, 0.05) is 38.6 Å². The minimum absolute atomic E-state index is 0.0622. The Balaban J connectivity index is 1.95. The van der Waals surface area contributed by atoms with Crippen LogP contribution in [0.4, 0.5) is 13.2 Å². The van der Waals surface area contributed by atoms with Gasteiger partial charge in [0.1, 0.15) is 0 Å². The highest BCUT2D eigenvalue weighted by molar-refractivity contribution is 5.79. The Hall–Kier alpha value is -0.820. The predicted octanol–water partition coefficient (Wildman–Crippen LogP) is 1.49. The maximum Gasteiger partial charge on any atom is 0.392 e. The van der Waals surface area contributed by atoms with Crippen molar-refractivity contribution in [3.63, 3.8) is 0 Å². The molecule has 1 saturated carbocycles. The summed E-state index contributed by atoms with van der Waals surface area (Å²) >= 11 is 0. The molecule has 2 atom stereocenters. The normalized spacial score (nSPS) is 28.7. The van der Waals surface area contributed by atoms with Crippen LogP contribution >= 0.6 is 0 Å². The number of carbonyl (C=O) groups is 1. The van der Waals surface area contributed by atoms with Gasteiger partial charge in [-0.1, -0.05) is 12.8 Å². The van der Waals surface area contributed by atoms with Gasteiger partial charge in [-0.05, 0) is 12.8 Å². The number of halogens is 3. The summed E-state index contributed by atoms with van der Waals surface area (Å²) in [5.41, 5.74) is 0. The second-order valence-electron chi connectivity index (χ2n) is 5.93. The fourth-order valence-electron chi connectivity index (χ4n) is 3.39. The van der Waals surface area contributed by atoms with E-state index in [0.29, 0.717) is 52.0 Å². The molecule has 0 radical (unpaired) electrons. The number of hydrogen-bond donors (Lipinski definition) is 1. The lowest BCUT2D eigenvalue weighted by Gasteiger charge is -2.39. The molecular weight excluding hydrogens is 285 g/mol. The first-order chi connectivity index (χ1) is 9.93. The molecule has 1 N–H and O–H groups in total. The van der Waals surface area contributed by atoms with Crippen LogP contribution in [0.1, 0.15) is 25.7 Å². The van der Waals surface area contributed by atoms with Gasteiger partial charge in [0.2, 0.25) is 5.91 Å². The maximum absolute atomic E-state index is 13.1. The van der Waals surface area contributed by atoms with E-state index in [0.717, 1.165) is 0 Å². The molecule has 4 nitrogen and oxygen atoms in total. The van der Waals surface area contributed by atoms with Crippen molar-refractivity contribution in [1.82, 2.24) is 9.80 Å². The van der Waals surface area contributed by atoms with Crippen molar-refractivity contribution < 1.29 is 23.1 Å². The van der Waals surface area contributed by atoms with E-state index >= 15 is 0 Å². The minimum atomic E-state index is -4.28. The van der Waals surface area contributed by atoms with Crippen molar-refractivity contribution in [3.8, 4) is 0 Å². The summed E-state index contributed by atoms with van der Waals surface area (Å²) in [6.45, 7) is 2.77. The van der Waals surface area contributed by atoms with Gasteiger partial charge < -0.3 is 10.0 Å². The van der Waals surface area contributed by atoms with Crippen molar-refractivity contribution in [2.45, 2.75) is 31.9 Å². The summed E-state index contributed by atoms with van der Waals surface area (Å²) in [7, 11) is 0. The molecule has 2 rings (SSSR count). The van der Waals surface area contributed by atoms with Gasteiger partial charge in [-0.25, -0.2) is 0 Å². The average molecular weight is 308 g/mol. The molecular formula is C14H23F3N2O2. The largest absolute Gasteiger partial charge is 0.395 e. The van der Waals surface area contributed by atoms with Crippen LogP contribution in [0.15, 0.2) is 0 Å². The molecule has 1 aliphatic carbocycles. The lowest BCUT2D eigenvalue weighted by Crippen LogP contribution is -2.53. The van der Waals surface area contributed by atoms with Crippen molar-refractivity contribution in [2.24, 2.45) is 11.8 Å². The number of β-amino-alcohol motifs (C(OH)–C–C–N with tert-alkyl or cyclic N) is 1. The van der Waals surface area contributed by atoms with Crippen LogP contribution < -0.4 is 0 Å². The molecule has 2 unspecified atom stereocenters. The van der Waals surface area contributed by atoms with E-state index < -0.39 is 18.0 Å². The van der Waals surface area contributed by atoms with E-state index in [1.807, 2.05) is 4.90 Å². The van der Waals surface area contributed by atoms with E-state index in [4.69, 9.17) is 5.11 Å². The molecule has 1 heterocycles. The molecule has 2 aliphatic rings. The third kappa shape index (κ3) is 4.10. The lowest BCUT2D eigenvalue weighted by molar-refractivity contribution is -0.201. The molecule has 1 saturated heterocycles. The quantitative estimate of drug-likeness (QED) is 0.859. The zero-order chi connectivity index (χ0) is 15.5. The Labute approximate surface area is 122 Å². The molecule has 0 aromatic heterocycles. The number of hydrogen-bond acceptors (Lipinski definition) is 3. The molecule has 0 aromatic carbocycles. The number of piperazine rings is 1. The summed E-state index contributed by atoms with van der Waals surface area (Å²) in [6, 6.07) is 0. The van der Waals surface area contributed by atoms with Crippen LogP contribution in [0.3, 0.4) is 0 Å². The third-order valence-corrected chi connectivity index (χ3v) is 4.60. The zero-order valence-electron chi connectivity index (χ0n) is 12.1. The van der Waals surface area contributed by atoms with Crippen molar-refractivity contribution in [2.75, 3.05) is 39.3 Å². The topological polar surface area (TPSA) is 43.8 Å². The Morgan fingerprint density at radius 1 is 1.10 bits per heavy atom. The van der Waals surface area contributed by atoms with Gasteiger partial charge in [0.05, 0.1) is 12.5 Å². The van der Waals surface area contributed by atoms with Gasteiger partial charge in [-0.15, -0.1) is 0 Å². The number of alkyl halides is 3. The van der Waals surface area contributed by atoms with Crippen molar-refractivity contribution in [1.29, 1.82) is 0 Å². The molecule has 0 bridgehead atoms. The number of carbonyl (C=O) groups excluding carboxylic acids is 1. The Bertz CT molecular complexity index is 355. The standard InChI is InChI=1S/C14H23F3N2O2/c15-14(16,17)12-4-2-1-3-11(12)13(21)19-7-5-18(6-8-19)9-10-20/h11-12,20H,1-10H2.